The molecule has 0 radical (unpaired) electrons. The monoisotopic (exact) mass is 740 g/mol. The minimum Gasteiger partial charge on any atom is -0.420 e. The minimum absolute atomic E-state index is 0.467. The standard InChI is InChI=1S/C47H67B2N.C5H12/c1-31(2)39-24-13-25-40(32(3)4)45(39)43-28-15-29-44(46-41(33(5)6)26-14-27-42(46)34(7)8)47(43)50(49-37-20-11-21-38(49)23-12-22-37)30-48-35-16-9-17-36(48)19-10-18-35;1-3-5-4-2/h13-15,24-29,31-38H,9-12,16-23,30H2,1-8H3;3-5H2,1-2H3. The van der Waals surface area contributed by atoms with Crippen molar-refractivity contribution >= 4 is 19.2 Å². The van der Waals surface area contributed by atoms with Crippen LogP contribution in [-0.4, -0.2) is 20.0 Å². The molecule has 0 unspecified atom stereocenters. The van der Waals surface area contributed by atoms with Crippen LogP contribution in [0.5, 0.6) is 0 Å². The van der Waals surface area contributed by atoms with Crippen LogP contribution in [0.4, 0.5) is 5.69 Å². The van der Waals surface area contributed by atoms with Crippen molar-refractivity contribution in [3.63, 3.8) is 0 Å². The molecule has 4 fully saturated rings. The van der Waals surface area contributed by atoms with E-state index in [2.05, 4.69) is 129 Å². The van der Waals surface area contributed by atoms with Gasteiger partial charge in [-0.1, -0.05) is 232 Å². The molecule has 0 atom stereocenters. The Balaban J connectivity index is 0.000000967. The summed E-state index contributed by atoms with van der Waals surface area (Å²) in [5.74, 6) is 5.33. The van der Waals surface area contributed by atoms with E-state index in [9.17, 15) is 0 Å². The lowest BCUT2D eigenvalue weighted by molar-refractivity contribution is 0.435. The van der Waals surface area contributed by atoms with Crippen molar-refractivity contribution in [1.29, 1.82) is 0 Å². The second-order valence-corrected chi connectivity index (χ2v) is 19.9. The third kappa shape index (κ3) is 9.18. The zero-order valence-corrected chi connectivity index (χ0v) is 37.2. The third-order valence-corrected chi connectivity index (χ3v) is 14.9. The van der Waals surface area contributed by atoms with Gasteiger partial charge in [0.2, 0.25) is 0 Å². The normalized spacial score (nSPS) is 22.4. The van der Waals surface area contributed by atoms with Crippen molar-refractivity contribution < 1.29 is 0 Å². The summed E-state index contributed by atoms with van der Waals surface area (Å²) in [5, 5.41) is 0. The fourth-order valence-corrected chi connectivity index (χ4v) is 12.2. The molecule has 0 saturated carbocycles. The van der Waals surface area contributed by atoms with E-state index in [0.29, 0.717) is 30.5 Å². The highest BCUT2D eigenvalue weighted by Gasteiger charge is 2.48. The van der Waals surface area contributed by atoms with E-state index in [0.717, 1.165) is 30.0 Å². The van der Waals surface area contributed by atoms with Crippen LogP contribution in [0.25, 0.3) is 22.3 Å². The Kier molecular flexibility index (Phi) is 14.9. The van der Waals surface area contributed by atoms with E-state index in [-0.39, 0.29) is 0 Å². The van der Waals surface area contributed by atoms with Crippen molar-refractivity contribution in [2.45, 2.75) is 212 Å². The summed E-state index contributed by atoms with van der Waals surface area (Å²) in [6.07, 6.45) is 22.7. The van der Waals surface area contributed by atoms with Gasteiger partial charge in [0.15, 0.2) is 6.71 Å². The molecule has 298 valence electrons. The summed E-state index contributed by atoms with van der Waals surface area (Å²) < 4.78 is 0. The number of benzene rings is 3. The Morgan fingerprint density at radius 2 is 0.818 bits per heavy atom. The van der Waals surface area contributed by atoms with Crippen LogP contribution in [-0.2, 0) is 0 Å². The maximum absolute atomic E-state index is 3.20. The van der Waals surface area contributed by atoms with Crippen molar-refractivity contribution in [3.05, 3.63) is 76.9 Å². The average Bonchev–Trinajstić information content (AvgIpc) is 3.16. The van der Waals surface area contributed by atoms with Gasteiger partial charge in [-0.3, -0.25) is 0 Å². The number of anilines is 1. The smallest absolute Gasteiger partial charge is 0.260 e. The molecule has 3 aromatic carbocycles. The van der Waals surface area contributed by atoms with Crippen LogP contribution >= 0.6 is 0 Å². The third-order valence-electron chi connectivity index (χ3n) is 14.9. The van der Waals surface area contributed by atoms with E-state index in [1.165, 1.54) is 147 Å². The molecule has 0 aliphatic carbocycles. The Bertz CT molecular complexity index is 1490. The molecule has 0 N–H and O–H groups in total. The molecule has 0 aromatic heterocycles. The zero-order chi connectivity index (χ0) is 39.2. The number of fused-ring (bicyclic) bond motifs is 4. The van der Waals surface area contributed by atoms with E-state index in [1.807, 2.05) is 0 Å². The first kappa shape index (κ1) is 42.2. The van der Waals surface area contributed by atoms with Gasteiger partial charge in [0, 0.05) is 16.8 Å². The van der Waals surface area contributed by atoms with E-state index >= 15 is 0 Å². The first-order valence-electron chi connectivity index (χ1n) is 23.7. The molecular formula is C52H79B2N. The zero-order valence-electron chi connectivity index (χ0n) is 37.2. The SMILES string of the molecule is CC(C)c1cccc(C(C)C)c1-c1cccc(-c2c(C(C)C)cccc2C(C)C)c1N(CB1C2CCCC1CCC2)B1C2CCCC1CCC2.CCCCC. The Labute approximate surface area is 340 Å². The Morgan fingerprint density at radius 3 is 1.13 bits per heavy atom. The van der Waals surface area contributed by atoms with Crippen LogP contribution in [0.3, 0.4) is 0 Å². The number of unbranched alkanes of at least 4 members (excludes halogenated alkanes) is 2. The Morgan fingerprint density at radius 1 is 0.491 bits per heavy atom. The highest BCUT2D eigenvalue weighted by Crippen LogP contribution is 2.55. The maximum Gasteiger partial charge on any atom is 0.260 e. The van der Waals surface area contributed by atoms with Crippen LogP contribution in [0.15, 0.2) is 54.6 Å². The largest absolute Gasteiger partial charge is 0.420 e. The molecule has 0 amide bonds. The van der Waals surface area contributed by atoms with Crippen molar-refractivity contribution in [3.8, 4) is 22.3 Å². The van der Waals surface area contributed by atoms with Gasteiger partial charge in [0.05, 0.1) is 0 Å². The van der Waals surface area contributed by atoms with E-state index in [1.54, 1.807) is 5.69 Å². The number of hydrogen-bond acceptors (Lipinski definition) is 1. The highest BCUT2D eigenvalue weighted by molar-refractivity contribution is 6.72. The molecule has 4 heterocycles. The summed E-state index contributed by atoms with van der Waals surface area (Å²) in [5.41, 5.74) is 13.8. The molecule has 0 spiro atoms. The second-order valence-electron chi connectivity index (χ2n) is 19.9. The number of rotatable bonds is 12. The molecule has 3 heteroatoms. The molecule has 4 bridgehead atoms. The Hall–Kier alpha value is -2.41. The average molecular weight is 740 g/mol. The van der Waals surface area contributed by atoms with Gasteiger partial charge < -0.3 is 4.81 Å². The second kappa shape index (κ2) is 19.4. The summed E-state index contributed by atoms with van der Waals surface area (Å²) in [7, 11) is 0. The summed E-state index contributed by atoms with van der Waals surface area (Å²) in [4.78, 5) is 3.20. The van der Waals surface area contributed by atoms with Crippen LogP contribution in [0, 0.1) is 0 Å². The number of para-hydroxylation sites is 1. The molecule has 4 aliphatic heterocycles. The first-order valence-corrected chi connectivity index (χ1v) is 23.7. The number of nitrogens with zero attached hydrogens (tertiary/aromatic N) is 1. The van der Waals surface area contributed by atoms with Gasteiger partial charge in [0.25, 0.3) is 6.85 Å². The van der Waals surface area contributed by atoms with Crippen LogP contribution in [0.2, 0.25) is 23.3 Å². The summed E-state index contributed by atoms with van der Waals surface area (Å²) >= 11 is 0. The lowest BCUT2D eigenvalue weighted by Crippen LogP contribution is -2.56. The number of hydrogen-bond donors (Lipinski definition) is 0. The molecule has 55 heavy (non-hydrogen) atoms. The highest BCUT2D eigenvalue weighted by atomic mass is 15.1. The molecular weight excluding hydrogens is 660 g/mol. The quantitative estimate of drug-likeness (QED) is 0.167. The molecule has 4 aliphatic rings. The topological polar surface area (TPSA) is 3.24 Å². The van der Waals surface area contributed by atoms with Gasteiger partial charge >= 0.3 is 0 Å². The van der Waals surface area contributed by atoms with Crippen molar-refractivity contribution in [2.24, 2.45) is 0 Å². The van der Waals surface area contributed by atoms with E-state index < -0.39 is 0 Å². The lowest BCUT2D eigenvalue weighted by atomic mass is 9.25. The van der Waals surface area contributed by atoms with Gasteiger partial charge in [-0.05, 0) is 75.1 Å². The van der Waals surface area contributed by atoms with Gasteiger partial charge in [-0.15, -0.1) is 0 Å². The maximum atomic E-state index is 3.20. The summed E-state index contributed by atoms with van der Waals surface area (Å²) in [6, 6.07) is 22.1. The van der Waals surface area contributed by atoms with Gasteiger partial charge in [-0.25, -0.2) is 0 Å². The predicted octanol–water partition coefficient (Wildman–Crippen LogP) is 16.8. The van der Waals surface area contributed by atoms with Gasteiger partial charge in [0.1, 0.15) is 0 Å². The van der Waals surface area contributed by atoms with Crippen LogP contribution < -0.4 is 4.81 Å². The summed E-state index contributed by atoms with van der Waals surface area (Å²) in [6.45, 7) is 25.3. The fourth-order valence-electron chi connectivity index (χ4n) is 12.2. The minimum atomic E-state index is 0.467. The van der Waals surface area contributed by atoms with E-state index in [4.69, 9.17) is 0 Å². The molecule has 1 nitrogen and oxygen atoms in total. The van der Waals surface area contributed by atoms with Gasteiger partial charge in [-0.2, -0.15) is 0 Å². The van der Waals surface area contributed by atoms with Crippen molar-refractivity contribution in [1.82, 2.24) is 0 Å². The lowest BCUT2D eigenvalue weighted by Gasteiger charge is -2.51. The fraction of sp³-hybridized carbons (Fsp3) is 0.654. The molecule has 4 saturated heterocycles. The first-order chi connectivity index (χ1) is 26.6. The predicted molar refractivity (Wildman–Crippen MR) is 248 cm³/mol. The molecule has 7 rings (SSSR count). The van der Waals surface area contributed by atoms with Crippen molar-refractivity contribution in [2.75, 3.05) is 11.3 Å². The molecule has 3 aromatic rings. The van der Waals surface area contributed by atoms with Crippen LogP contribution in [0.1, 0.15) is 211 Å².